The third-order valence-electron chi connectivity index (χ3n) is 4.79. The van der Waals surface area contributed by atoms with E-state index in [1.54, 1.807) is 30.3 Å². The first-order chi connectivity index (χ1) is 15.5. The Labute approximate surface area is 196 Å². The largest absolute Gasteiger partial charge is 0.485 e. The maximum atomic E-state index is 12.8. The molecule has 0 saturated heterocycles. The molecular weight excluding hydrogens is 469 g/mol. The van der Waals surface area contributed by atoms with E-state index >= 15 is 0 Å². The van der Waals surface area contributed by atoms with Gasteiger partial charge in [0, 0.05) is 11.6 Å². The average Bonchev–Trinajstić information content (AvgIpc) is 3.47. The van der Waals surface area contributed by atoms with E-state index < -0.39 is 0 Å². The number of aryl methyl sites for hydroxylation is 1. The first kappa shape index (κ1) is 20.8. The number of ether oxygens (including phenoxy) is 1. The van der Waals surface area contributed by atoms with Crippen LogP contribution in [-0.2, 0) is 6.61 Å². The highest BCUT2D eigenvalue weighted by atomic mass is 35.5. The van der Waals surface area contributed by atoms with Crippen molar-refractivity contribution in [2.75, 3.05) is 0 Å². The summed E-state index contributed by atoms with van der Waals surface area (Å²) in [5.74, 6) is 2.28. The minimum atomic E-state index is -0.265. The van der Waals surface area contributed by atoms with E-state index in [9.17, 15) is 4.79 Å². The van der Waals surface area contributed by atoms with E-state index in [-0.39, 0.29) is 12.2 Å². The van der Waals surface area contributed by atoms with Crippen LogP contribution in [0.25, 0.3) is 22.4 Å². The predicted molar refractivity (Wildman–Crippen MR) is 126 cm³/mol. The van der Waals surface area contributed by atoms with E-state index in [0.29, 0.717) is 42.4 Å². The van der Waals surface area contributed by atoms with Crippen LogP contribution in [0.3, 0.4) is 0 Å². The molecule has 5 aromatic rings. The summed E-state index contributed by atoms with van der Waals surface area (Å²) in [6.07, 6.45) is 1.66. The highest BCUT2D eigenvalue weighted by Gasteiger charge is 2.13. The average molecular weight is 484 g/mol. The lowest BCUT2D eigenvalue weighted by atomic mass is 10.2. The molecule has 0 radical (unpaired) electrons. The number of rotatable bonds is 5. The van der Waals surface area contributed by atoms with Crippen LogP contribution in [0.1, 0.15) is 17.1 Å². The van der Waals surface area contributed by atoms with E-state index in [2.05, 4.69) is 10.1 Å². The molecule has 160 valence electrons. The molecule has 0 spiro atoms. The van der Waals surface area contributed by atoms with Gasteiger partial charge in [0.15, 0.2) is 5.82 Å². The summed E-state index contributed by atoms with van der Waals surface area (Å²) in [5.41, 5.74) is 1.44. The maximum absolute atomic E-state index is 12.8. The Kier molecular flexibility index (Phi) is 5.46. The lowest BCUT2D eigenvalue weighted by molar-refractivity contribution is 0.294. The summed E-state index contributed by atoms with van der Waals surface area (Å²) in [6.45, 7) is 2.15. The molecular formula is C23H15Cl2N3O3S. The molecule has 9 heteroatoms. The molecule has 2 aromatic carbocycles. The van der Waals surface area contributed by atoms with E-state index in [4.69, 9.17) is 32.4 Å². The number of nitrogens with zero attached hydrogens (tertiary/aromatic N) is 3. The van der Waals surface area contributed by atoms with Crippen molar-refractivity contribution >= 4 is 45.6 Å². The molecule has 3 aromatic heterocycles. The Morgan fingerprint density at radius 1 is 1.12 bits per heavy atom. The van der Waals surface area contributed by atoms with Gasteiger partial charge in [-0.25, -0.2) is 0 Å². The van der Waals surface area contributed by atoms with Crippen molar-refractivity contribution in [1.82, 2.24) is 14.6 Å². The zero-order valence-corrected chi connectivity index (χ0v) is 19.0. The smallest absolute Gasteiger partial charge is 0.291 e. The number of para-hydroxylation sites is 1. The van der Waals surface area contributed by atoms with Gasteiger partial charge in [0.05, 0.1) is 10.0 Å². The zero-order valence-electron chi connectivity index (χ0n) is 16.7. The van der Waals surface area contributed by atoms with Crippen LogP contribution in [-0.4, -0.2) is 14.6 Å². The van der Waals surface area contributed by atoms with Crippen LogP contribution in [0.2, 0.25) is 10.0 Å². The third kappa shape index (κ3) is 3.90. The quantitative estimate of drug-likeness (QED) is 0.345. The van der Waals surface area contributed by atoms with Gasteiger partial charge in [-0.05, 0) is 42.8 Å². The fourth-order valence-electron chi connectivity index (χ4n) is 3.19. The second kappa shape index (κ2) is 8.43. The zero-order chi connectivity index (χ0) is 22.2. The van der Waals surface area contributed by atoms with Crippen molar-refractivity contribution in [3.05, 3.63) is 96.7 Å². The Balaban J connectivity index is 1.41. The third-order valence-corrected chi connectivity index (χ3v) is 6.57. The maximum Gasteiger partial charge on any atom is 0.291 e. The molecule has 0 saturated carbocycles. The van der Waals surface area contributed by atoms with Gasteiger partial charge in [-0.2, -0.15) is 9.50 Å². The second-order valence-electron chi connectivity index (χ2n) is 7.00. The standard InChI is InChI=1S/C23H15Cl2N3O3S/c1-13-5-2-3-8-17(13)30-12-20-26-23-28(27-20)22(29)19(32-23)11-14-9-10-18(31-14)15-6-4-7-16(24)21(15)25/h2-11H,12H2,1H3/b19-11-. The fraction of sp³-hybridized carbons (Fsp3) is 0.0870. The summed E-state index contributed by atoms with van der Waals surface area (Å²) in [7, 11) is 0. The lowest BCUT2D eigenvalue weighted by Gasteiger charge is -2.05. The molecule has 3 heterocycles. The van der Waals surface area contributed by atoms with Crippen molar-refractivity contribution in [1.29, 1.82) is 0 Å². The number of hydrogen-bond acceptors (Lipinski definition) is 6. The Morgan fingerprint density at radius 2 is 1.97 bits per heavy atom. The highest BCUT2D eigenvalue weighted by molar-refractivity contribution is 7.15. The first-order valence-electron chi connectivity index (χ1n) is 9.62. The molecule has 0 atom stereocenters. The van der Waals surface area contributed by atoms with Crippen molar-refractivity contribution in [3.8, 4) is 17.1 Å². The van der Waals surface area contributed by atoms with Crippen LogP contribution in [0.5, 0.6) is 5.75 Å². The summed E-state index contributed by atoms with van der Waals surface area (Å²) < 4.78 is 13.4. The number of halogens is 2. The Bertz CT molecular complexity index is 1550. The van der Waals surface area contributed by atoms with Crippen LogP contribution >= 0.6 is 34.5 Å². The number of aromatic nitrogens is 3. The van der Waals surface area contributed by atoms with Gasteiger partial charge in [0.2, 0.25) is 4.96 Å². The van der Waals surface area contributed by atoms with E-state index in [0.717, 1.165) is 11.3 Å². The SMILES string of the molecule is Cc1ccccc1OCc1nc2s/c(=C\c3ccc(-c4cccc(Cl)c4Cl)o3)c(=O)n2n1. The minimum Gasteiger partial charge on any atom is -0.485 e. The van der Waals surface area contributed by atoms with Crippen LogP contribution in [0, 0.1) is 6.92 Å². The van der Waals surface area contributed by atoms with Gasteiger partial charge in [-0.1, -0.05) is 58.8 Å². The van der Waals surface area contributed by atoms with Gasteiger partial charge in [0.25, 0.3) is 5.56 Å². The minimum absolute atomic E-state index is 0.180. The molecule has 0 unspecified atom stereocenters. The first-order valence-corrected chi connectivity index (χ1v) is 11.2. The van der Waals surface area contributed by atoms with Gasteiger partial charge < -0.3 is 9.15 Å². The summed E-state index contributed by atoms with van der Waals surface area (Å²) >= 11 is 13.6. The molecule has 0 amide bonds. The van der Waals surface area contributed by atoms with E-state index in [1.807, 2.05) is 37.3 Å². The van der Waals surface area contributed by atoms with Gasteiger partial charge in [-0.15, -0.1) is 5.10 Å². The predicted octanol–water partition coefficient (Wildman–Crippen LogP) is 5.15. The molecule has 0 aliphatic heterocycles. The molecule has 0 N–H and O–H groups in total. The monoisotopic (exact) mass is 483 g/mol. The van der Waals surface area contributed by atoms with Gasteiger partial charge in [-0.3, -0.25) is 4.79 Å². The highest BCUT2D eigenvalue weighted by Crippen LogP contribution is 2.34. The Morgan fingerprint density at radius 3 is 2.78 bits per heavy atom. The van der Waals surface area contributed by atoms with Gasteiger partial charge in [0.1, 0.15) is 28.4 Å². The van der Waals surface area contributed by atoms with Crippen molar-refractivity contribution in [2.24, 2.45) is 0 Å². The van der Waals surface area contributed by atoms with E-state index in [1.165, 1.54) is 15.9 Å². The fourth-order valence-corrected chi connectivity index (χ4v) is 4.49. The van der Waals surface area contributed by atoms with Gasteiger partial charge >= 0.3 is 0 Å². The van der Waals surface area contributed by atoms with Crippen molar-refractivity contribution < 1.29 is 9.15 Å². The number of fused-ring (bicyclic) bond motifs is 1. The summed E-state index contributed by atoms with van der Waals surface area (Å²) in [5, 5.41) is 5.15. The molecule has 5 rings (SSSR count). The molecule has 0 aliphatic carbocycles. The van der Waals surface area contributed by atoms with Crippen molar-refractivity contribution in [2.45, 2.75) is 13.5 Å². The molecule has 32 heavy (non-hydrogen) atoms. The number of hydrogen-bond donors (Lipinski definition) is 0. The topological polar surface area (TPSA) is 69.6 Å². The summed E-state index contributed by atoms with van der Waals surface area (Å²) in [6, 6.07) is 16.6. The van der Waals surface area contributed by atoms with Crippen LogP contribution < -0.4 is 14.8 Å². The molecule has 0 bridgehead atoms. The van der Waals surface area contributed by atoms with Crippen LogP contribution in [0.4, 0.5) is 0 Å². The molecule has 0 fully saturated rings. The molecule has 0 aliphatic rings. The second-order valence-corrected chi connectivity index (χ2v) is 8.79. The number of benzene rings is 2. The number of thiazole rings is 1. The summed E-state index contributed by atoms with van der Waals surface area (Å²) in [4.78, 5) is 17.7. The number of furan rings is 1. The Hall–Kier alpha value is -3.13. The molecule has 6 nitrogen and oxygen atoms in total. The lowest BCUT2D eigenvalue weighted by Crippen LogP contribution is -2.23. The van der Waals surface area contributed by atoms with Crippen LogP contribution in [0.15, 0.2) is 63.8 Å². The normalized spacial score (nSPS) is 12.0. The van der Waals surface area contributed by atoms with Crippen molar-refractivity contribution in [3.63, 3.8) is 0 Å².